The molecule has 3 rings (SSSR count). The van der Waals surface area contributed by atoms with Gasteiger partial charge < -0.3 is 4.42 Å². The van der Waals surface area contributed by atoms with Crippen LogP contribution in [-0.4, -0.2) is 0 Å². The Morgan fingerprint density at radius 1 is 1.00 bits per heavy atom. The van der Waals surface area contributed by atoms with Crippen LogP contribution in [0.15, 0.2) is 69.9 Å². The molecule has 1 atom stereocenters. The maximum absolute atomic E-state index is 11.9. The monoisotopic (exact) mass is 284 g/mol. The summed E-state index contributed by atoms with van der Waals surface area (Å²) in [5.74, 6) is 0.513. The average Bonchev–Trinajstić information content (AvgIpc) is 2.48. The lowest BCUT2D eigenvalue weighted by atomic mass is 10.1. The topological polar surface area (TPSA) is 30.2 Å². The highest BCUT2D eigenvalue weighted by Gasteiger charge is 2.14. The van der Waals surface area contributed by atoms with E-state index < -0.39 is 0 Å². The van der Waals surface area contributed by atoms with Gasteiger partial charge in [0.2, 0.25) is 0 Å². The highest BCUT2D eigenvalue weighted by Crippen LogP contribution is 2.26. The number of hydrogen-bond acceptors (Lipinski definition) is 2. The van der Waals surface area contributed by atoms with E-state index in [1.54, 1.807) is 6.07 Å². The van der Waals surface area contributed by atoms with E-state index in [2.05, 4.69) is 0 Å². The molecule has 0 saturated carbocycles. The molecule has 3 aromatic rings. The normalized spacial score (nSPS) is 12.4. The molecule has 0 bridgehead atoms. The van der Waals surface area contributed by atoms with Crippen LogP contribution in [0.5, 0.6) is 0 Å². The van der Waals surface area contributed by atoms with E-state index >= 15 is 0 Å². The number of benzene rings is 2. The molecule has 0 saturated heterocycles. The zero-order valence-corrected chi connectivity index (χ0v) is 11.5. The van der Waals surface area contributed by atoms with Crippen LogP contribution < -0.4 is 5.63 Å². The van der Waals surface area contributed by atoms with Crippen molar-refractivity contribution in [3.8, 4) is 0 Å². The third-order valence-corrected chi connectivity index (χ3v) is 3.62. The molecule has 0 spiro atoms. The van der Waals surface area contributed by atoms with Gasteiger partial charge in [-0.05, 0) is 29.5 Å². The molecule has 100 valence electrons. The molecule has 2 aromatic carbocycles. The second kappa shape index (κ2) is 5.51. The van der Waals surface area contributed by atoms with E-state index in [0.717, 1.165) is 10.9 Å². The zero-order chi connectivity index (χ0) is 13.9. The Hall–Kier alpha value is -2.06. The highest BCUT2D eigenvalue weighted by molar-refractivity contribution is 6.20. The quantitative estimate of drug-likeness (QED) is 0.671. The molecule has 0 aliphatic carbocycles. The van der Waals surface area contributed by atoms with Crippen molar-refractivity contribution in [2.45, 2.75) is 11.8 Å². The molecule has 0 aliphatic heterocycles. The average molecular weight is 285 g/mol. The van der Waals surface area contributed by atoms with Crippen LogP contribution in [-0.2, 0) is 6.42 Å². The molecule has 0 amide bonds. The first-order valence-electron chi connectivity index (χ1n) is 6.45. The Morgan fingerprint density at radius 3 is 2.50 bits per heavy atom. The highest BCUT2D eigenvalue weighted by atomic mass is 35.5. The van der Waals surface area contributed by atoms with E-state index in [4.69, 9.17) is 16.0 Å². The Morgan fingerprint density at radius 2 is 1.70 bits per heavy atom. The lowest BCUT2D eigenvalue weighted by Crippen LogP contribution is -2.05. The van der Waals surface area contributed by atoms with Crippen molar-refractivity contribution in [3.63, 3.8) is 0 Å². The Kier molecular flexibility index (Phi) is 3.57. The van der Waals surface area contributed by atoms with Gasteiger partial charge in [0, 0.05) is 0 Å². The van der Waals surface area contributed by atoms with Gasteiger partial charge in [0.25, 0.3) is 0 Å². The second-order valence-corrected chi connectivity index (χ2v) is 5.21. The zero-order valence-electron chi connectivity index (χ0n) is 10.8. The van der Waals surface area contributed by atoms with E-state index in [-0.39, 0.29) is 11.0 Å². The number of rotatable bonds is 3. The minimum atomic E-state index is -0.352. The predicted octanol–water partition coefficient (Wildman–Crippen LogP) is 4.32. The molecule has 0 unspecified atom stereocenters. The van der Waals surface area contributed by atoms with Crippen molar-refractivity contribution in [3.05, 3.63) is 82.4 Å². The van der Waals surface area contributed by atoms with Gasteiger partial charge in [-0.25, -0.2) is 4.79 Å². The molecule has 0 aliphatic rings. The minimum absolute atomic E-state index is 0.336. The fourth-order valence-electron chi connectivity index (χ4n) is 2.23. The number of hydrogen-bond donors (Lipinski definition) is 0. The lowest BCUT2D eigenvalue weighted by molar-refractivity contribution is 0.461. The van der Waals surface area contributed by atoms with Crippen molar-refractivity contribution >= 4 is 22.4 Å². The summed E-state index contributed by atoms with van der Waals surface area (Å²) in [5, 5.41) is 1.09. The van der Waals surface area contributed by atoms with Crippen LogP contribution >= 0.6 is 11.6 Å². The molecular formula is C17H13ClO2. The molecule has 0 fully saturated rings. The summed E-state index contributed by atoms with van der Waals surface area (Å²) in [7, 11) is 0. The van der Waals surface area contributed by atoms with Crippen molar-refractivity contribution in [2.24, 2.45) is 0 Å². The van der Waals surface area contributed by atoms with Crippen molar-refractivity contribution < 1.29 is 4.42 Å². The van der Waals surface area contributed by atoms with E-state index in [1.165, 1.54) is 0 Å². The van der Waals surface area contributed by atoms with Crippen molar-refractivity contribution in [1.29, 1.82) is 0 Å². The fraction of sp³-hybridized carbons (Fsp3) is 0.118. The van der Waals surface area contributed by atoms with Gasteiger partial charge in [0.15, 0.2) is 0 Å². The molecular weight excluding hydrogens is 272 g/mol. The number of halogens is 1. The molecule has 2 nitrogen and oxygen atoms in total. The molecule has 3 heteroatoms. The summed E-state index contributed by atoms with van der Waals surface area (Å²) >= 11 is 6.38. The van der Waals surface area contributed by atoms with Crippen LogP contribution in [0.1, 0.15) is 16.7 Å². The summed E-state index contributed by atoms with van der Waals surface area (Å²) in [6, 6.07) is 19.1. The molecule has 1 aromatic heterocycles. The van der Waals surface area contributed by atoms with Crippen LogP contribution in [0.3, 0.4) is 0 Å². The summed E-state index contributed by atoms with van der Waals surface area (Å²) in [5.41, 5.74) is 0.778. The Bertz CT molecular complexity index is 778. The summed E-state index contributed by atoms with van der Waals surface area (Å²) < 4.78 is 5.34. The van der Waals surface area contributed by atoms with Crippen LogP contribution in [0.25, 0.3) is 10.8 Å². The largest absolute Gasteiger partial charge is 0.426 e. The van der Waals surface area contributed by atoms with Gasteiger partial charge in [-0.15, -0.1) is 11.6 Å². The number of alkyl halides is 1. The van der Waals surface area contributed by atoms with Crippen LogP contribution in [0, 0.1) is 0 Å². The predicted molar refractivity (Wildman–Crippen MR) is 81.2 cm³/mol. The van der Waals surface area contributed by atoms with Crippen molar-refractivity contribution in [2.75, 3.05) is 0 Å². The Balaban J connectivity index is 1.96. The first kappa shape index (κ1) is 12.9. The van der Waals surface area contributed by atoms with Gasteiger partial charge >= 0.3 is 5.63 Å². The molecule has 1 heterocycles. The molecule has 0 N–H and O–H groups in total. The fourth-order valence-corrected chi connectivity index (χ4v) is 2.52. The molecule has 0 radical (unpaired) electrons. The summed E-state index contributed by atoms with van der Waals surface area (Å²) in [4.78, 5) is 11.9. The maximum Gasteiger partial charge on any atom is 0.343 e. The first-order valence-corrected chi connectivity index (χ1v) is 6.88. The molecule has 20 heavy (non-hydrogen) atoms. The Labute approximate surface area is 121 Å². The van der Waals surface area contributed by atoms with Gasteiger partial charge in [-0.1, -0.05) is 48.5 Å². The standard InChI is InChI=1S/C17H13ClO2/c18-15(10-12-6-2-1-3-7-12)16-11-13-8-4-5-9-14(13)17(19)20-16/h1-9,11,15H,10H2/t15-/m0/s1. The maximum atomic E-state index is 11.9. The third-order valence-electron chi connectivity index (χ3n) is 3.26. The van der Waals surface area contributed by atoms with E-state index in [9.17, 15) is 4.79 Å². The van der Waals surface area contributed by atoms with E-state index in [1.807, 2.05) is 54.6 Å². The van der Waals surface area contributed by atoms with Gasteiger partial charge in [-0.2, -0.15) is 0 Å². The van der Waals surface area contributed by atoms with E-state index in [0.29, 0.717) is 17.6 Å². The van der Waals surface area contributed by atoms with Crippen molar-refractivity contribution in [1.82, 2.24) is 0 Å². The number of fused-ring (bicyclic) bond motifs is 1. The van der Waals surface area contributed by atoms with Crippen LogP contribution in [0.4, 0.5) is 0 Å². The van der Waals surface area contributed by atoms with Crippen LogP contribution in [0.2, 0.25) is 0 Å². The lowest BCUT2D eigenvalue weighted by Gasteiger charge is -2.09. The van der Waals surface area contributed by atoms with Gasteiger partial charge in [-0.3, -0.25) is 0 Å². The van der Waals surface area contributed by atoms with Gasteiger partial charge in [0.1, 0.15) is 5.76 Å². The summed E-state index contributed by atoms with van der Waals surface area (Å²) in [6.45, 7) is 0. The first-order chi connectivity index (χ1) is 9.74. The summed E-state index contributed by atoms with van der Waals surface area (Å²) in [6.07, 6.45) is 0.629. The smallest absolute Gasteiger partial charge is 0.343 e. The van der Waals surface area contributed by atoms with Gasteiger partial charge in [0.05, 0.1) is 10.8 Å². The second-order valence-electron chi connectivity index (χ2n) is 4.68. The third kappa shape index (κ3) is 2.61. The minimum Gasteiger partial charge on any atom is -0.426 e. The SMILES string of the molecule is O=c1oc([C@@H](Cl)Cc2ccccc2)cc2ccccc12.